The molecule has 0 saturated carbocycles. The van der Waals surface area contributed by atoms with Gasteiger partial charge in [0, 0.05) is 7.05 Å². The van der Waals surface area contributed by atoms with E-state index < -0.39 is 10.0 Å². The SMILES string of the molecule is Cc1noc(C)c1S(=O)(=O)N(C)Cc1ncon1. The molecule has 0 atom stereocenters. The van der Waals surface area contributed by atoms with Crippen LogP contribution in [0.15, 0.2) is 20.3 Å². The number of aromatic nitrogens is 3. The molecule has 0 aromatic carbocycles. The van der Waals surface area contributed by atoms with E-state index in [0.717, 1.165) is 10.7 Å². The highest BCUT2D eigenvalue weighted by atomic mass is 32.2. The predicted molar refractivity (Wildman–Crippen MR) is 58.9 cm³/mol. The van der Waals surface area contributed by atoms with Crippen LogP contribution < -0.4 is 0 Å². The monoisotopic (exact) mass is 272 g/mol. The number of hydrogen-bond donors (Lipinski definition) is 0. The van der Waals surface area contributed by atoms with Gasteiger partial charge in [0.1, 0.15) is 10.6 Å². The van der Waals surface area contributed by atoms with Gasteiger partial charge in [0.2, 0.25) is 16.4 Å². The highest BCUT2D eigenvalue weighted by Crippen LogP contribution is 2.22. The van der Waals surface area contributed by atoms with Gasteiger partial charge in [0.05, 0.1) is 6.54 Å². The maximum absolute atomic E-state index is 12.3. The van der Waals surface area contributed by atoms with E-state index in [4.69, 9.17) is 4.52 Å². The molecule has 2 aromatic heterocycles. The number of sulfonamides is 1. The minimum Gasteiger partial charge on any atom is -0.360 e. The number of rotatable bonds is 4. The lowest BCUT2D eigenvalue weighted by molar-refractivity contribution is 0.387. The Kier molecular flexibility index (Phi) is 3.18. The minimum absolute atomic E-state index is 0.0168. The van der Waals surface area contributed by atoms with Crippen LogP contribution in [0.4, 0.5) is 0 Å². The summed E-state index contributed by atoms with van der Waals surface area (Å²) in [5.74, 6) is 0.542. The fourth-order valence-electron chi connectivity index (χ4n) is 1.54. The molecule has 0 aliphatic rings. The van der Waals surface area contributed by atoms with Crippen LogP contribution in [0, 0.1) is 13.8 Å². The minimum atomic E-state index is -3.68. The summed E-state index contributed by atoms with van der Waals surface area (Å²) in [7, 11) is -2.25. The van der Waals surface area contributed by atoms with Crippen molar-refractivity contribution in [2.24, 2.45) is 0 Å². The lowest BCUT2D eigenvalue weighted by atomic mass is 10.4. The molecule has 0 aliphatic heterocycles. The molecule has 2 rings (SSSR count). The van der Waals surface area contributed by atoms with Crippen LogP contribution in [0.1, 0.15) is 17.3 Å². The topological polar surface area (TPSA) is 102 Å². The lowest BCUT2D eigenvalue weighted by Gasteiger charge is -2.14. The van der Waals surface area contributed by atoms with Crippen molar-refractivity contribution in [1.29, 1.82) is 0 Å². The fourth-order valence-corrected chi connectivity index (χ4v) is 2.95. The molecular formula is C9H12N4O4S. The molecule has 0 unspecified atom stereocenters. The summed E-state index contributed by atoms with van der Waals surface area (Å²) >= 11 is 0. The van der Waals surface area contributed by atoms with Crippen molar-refractivity contribution in [1.82, 2.24) is 19.6 Å². The first kappa shape index (κ1) is 12.7. The molecule has 0 fully saturated rings. The summed E-state index contributed by atoms with van der Waals surface area (Å²) < 4.78 is 35.1. The second-order valence-electron chi connectivity index (χ2n) is 3.76. The Morgan fingerprint density at radius 1 is 1.33 bits per heavy atom. The summed E-state index contributed by atoms with van der Waals surface area (Å²) in [6.45, 7) is 3.14. The first-order valence-corrected chi connectivity index (χ1v) is 6.51. The predicted octanol–water partition coefficient (Wildman–Crippen LogP) is 0.495. The molecule has 8 nitrogen and oxygen atoms in total. The van der Waals surface area contributed by atoms with Crippen LogP contribution in [-0.2, 0) is 16.6 Å². The van der Waals surface area contributed by atoms with Crippen molar-refractivity contribution in [3.63, 3.8) is 0 Å². The van der Waals surface area contributed by atoms with Crippen LogP contribution in [0.5, 0.6) is 0 Å². The van der Waals surface area contributed by atoms with E-state index in [1.165, 1.54) is 7.05 Å². The quantitative estimate of drug-likeness (QED) is 0.798. The second-order valence-corrected chi connectivity index (χ2v) is 5.74. The van der Waals surface area contributed by atoms with Crippen molar-refractivity contribution in [3.05, 3.63) is 23.7 Å². The van der Waals surface area contributed by atoms with E-state index in [1.54, 1.807) is 13.8 Å². The Hall–Kier alpha value is -1.74. The van der Waals surface area contributed by atoms with E-state index in [0.29, 0.717) is 5.69 Å². The Balaban J connectivity index is 2.32. The Morgan fingerprint density at radius 3 is 2.56 bits per heavy atom. The van der Waals surface area contributed by atoms with Gasteiger partial charge in [0.25, 0.3) is 0 Å². The van der Waals surface area contributed by atoms with Crippen LogP contribution in [0.3, 0.4) is 0 Å². The molecule has 0 N–H and O–H groups in total. The van der Waals surface area contributed by atoms with E-state index in [1.807, 2.05) is 0 Å². The average molecular weight is 272 g/mol. The third kappa shape index (κ3) is 2.14. The molecule has 0 radical (unpaired) electrons. The van der Waals surface area contributed by atoms with E-state index in [9.17, 15) is 8.42 Å². The van der Waals surface area contributed by atoms with Crippen molar-refractivity contribution in [3.8, 4) is 0 Å². The number of hydrogen-bond acceptors (Lipinski definition) is 7. The first-order chi connectivity index (χ1) is 8.43. The molecule has 0 spiro atoms. The summed E-state index contributed by atoms with van der Waals surface area (Å²) in [5, 5.41) is 7.20. The van der Waals surface area contributed by atoms with E-state index in [-0.39, 0.29) is 23.0 Å². The molecule has 0 amide bonds. The van der Waals surface area contributed by atoms with Crippen LogP contribution in [0.2, 0.25) is 0 Å². The summed E-state index contributed by atoms with van der Waals surface area (Å²) in [4.78, 5) is 3.85. The third-order valence-electron chi connectivity index (χ3n) is 2.41. The van der Waals surface area contributed by atoms with Crippen LogP contribution in [0.25, 0.3) is 0 Å². The maximum atomic E-state index is 12.3. The summed E-state index contributed by atoms with van der Waals surface area (Å²) in [6, 6.07) is 0. The molecule has 18 heavy (non-hydrogen) atoms. The Labute approximate surface area is 104 Å². The van der Waals surface area contributed by atoms with Crippen molar-refractivity contribution in [2.75, 3.05) is 7.05 Å². The second kappa shape index (κ2) is 4.50. The standard InChI is InChI=1S/C9H12N4O4S/c1-6-9(7(2)17-11-6)18(14,15)13(3)4-8-10-5-16-12-8/h5H,4H2,1-3H3. The maximum Gasteiger partial charge on any atom is 0.248 e. The van der Waals surface area contributed by atoms with Crippen LogP contribution >= 0.6 is 0 Å². The van der Waals surface area contributed by atoms with Crippen molar-refractivity contribution >= 4 is 10.0 Å². The molecule has 98 valence electrons. The third-order valence-corrected chi connectivity index (χ3v) is 4.46. The summed E-state index contributed by atoms with van der Waals surface area (Å²) in [5.41, 5.74) is 0.326. The molecular weight excluding hydrogens is 260 g/mol. The molecule has 0 saturated heterocycles. The van der Waals surface area contributed by atoms with Gasteiger partial charge < -0.3 is 9.05 Å². The van der Waals surface area contributed by atoms with Gasteiger partial charge in [-0.25, -0.2) is 8.42 Å². The lowest BCUT2D eigenvalue weighted by Crippen LogP contribution is -2.27. The fraction of sp³-hybridized carbons (Fsp3) is 0.444. The van der Waals surface area contributed by atoms with Crippen LogP contribution in [-0.4, -0.2) is 35.1 Å². The van der Waals surface area contributed by atoms with Crippen molar-refractivity contribution < 1.29 is 17.5 Å². The van der Waals surface area contributed by atoms with Gasteiger partial charge in [-0.3, -0.25) is 0 Å². The van der Waals surface area contributed by atoms with Crippen molar-refractivity contribution in [2.45, 2.75) is 25.3 Å². The zero-order chi connectivity index (χ0) is 13.3. The molecule has 0 bridgehead atoms. The van der Waals surface area contributed by atoms with Gasteiger partial charge in [0.15, 0.2) is 11.6 Å². The highest BCUT2D eigenvalue weighted by molar-refractivity contribution is 7.89. The highest BCUT2D eigenvalue weighted by Gasteiger charge is 2.29. The Bertz CT molecular complexity index is 612. The van der Waals surface area contributed by atoms with Gasteiger partial charge in [-0.1, -0.05) is 10.3 Å². The summed E-state index contributed by atoms with van der Waals surface area (Å²) in [6.07, 6.45) is 1.14. The zero-order valence-corrected chi connectivity index (χ0v) is 10.9. The molecule has 0 aliphatic carbocycles. The van der Waals surface area contributed by atoms with Gasteiger partial charge in [-0.2, -0.15) is 9.29 Å². The smallest absolute Gasteiger partial charge is 0.248 e. The van der Waals surface area contributed by atoms with Gasteiger partial charge >= 0.3 is 0 Å². The normalized spacial score (nSPS) is 12.2. The van der Waals surface area contributed by atoms with E-state index in [2.05, 4.69) is 19.8 Å². The molecule has 2 heterocycles. The number of nitrogens with zero attached hydrogens (tertiary/aromatic N) is 4. The van der Waals surface area contributed by atoms with E-state index >= 15 is 0 Å². The van der Waals surface area contributed by atoms with Gasteiger partial charge in [-0.15, -0.1) is 0 Å². The van der Waals surface area contributed by atoms with Gasteiger partial charge in [-0.05, 0) is 13.8 Å². The molecule has 9 heteroatoms. The average Bonchev–Trinajstić information content (AvgIpc) is 2.89. The zero-order valence-electron chi connectivity index (χ0n) is 10.1. The first-order valence-electron chi connectivity index (χ1n) is 5.07. The largest absolute Gasteiger partial charge is 0.360 e. The molecule has 2 aromatic rings. The number of aryl methyl sites for hydroxylation is 2. The Morgan fingerprint density at radius 2 is 2.06 bits per heavy atom.